The molecule has 5 nitrogen and oxygen atoms in total. The number of likely N-dealkylation sites (tertiary alicyclic amines) is 2. The average molecular weight is 362 g/mol. The van der Waals surface area contributed by atoms with Crippen molar-refractivity contribution in [2.75, 3.05) is 33.0 Å². The molecule has 3 heterocycles. The Hall–Kier alpha value is -1.66. The number of carbonyl (C=O) groups excluding carboxylic acids is 1. The van der Waals surface area contributed by atoms with Crippen LogP contribution in [0.5, 0.6) is 5.75 Å². The van der Waals surface area contributed by atoms with Crippen LogP contribution in [-0.4, -0.2) is 48.7 Å². The number of hydrogen-bond donors (Lipinski definition) is 0. The highest BCUT2D eigenvalue weighted by Crippen LogP contribution is 2.31. The van der Waals surface area contributed by atoms with Crippen molar-refractivity contribution in [3.05, 3.63) is 29.1 Å². The van der Waals surface area contributed by atoms with Crippen LogP contribution in [0.25, 0.3) is 0 Å². The van der Waals surface area contributed by atoms with Crippen molar-refractivity contribution < 1.29 is 18.7 Å². The predicted octanol–water partition coefficient (Wildman–Crippen LogP) is 2.92. The minimum absolute atomic E-state index is 0.228. The summed E-state index contributed by atoms with van der Waals surface area (Å²) in [5, 5.41) is 0. The van der Waals surface area contributed by atoms with E-state index in [2.05, 4.69) is 4.90 Å². The number of piperidine rings is 1. The van der Waals surface area contributed by atoms with E-state index in [1.54, 1.807) is 6.07 Å². The SMILES string of the molecule is O=C(CC1CCN(Cc2cc(F)cc3c2OCOC3)CC1)N1CCCC1. The van der Waals surface area contributed by atoms with Crippen LogP contribution >= 0.6 is 0 Å². The van der Waals surface area contributed by atoms with Crippen molar-refractivity contribution in [3.63, 3.8) is 0 Å². The molecule has 3 aliphatic rings. The molecule has 26 heavy (non-hydrogen) atoms. The molecule has 1 aromatic carbocycles. The molecule has 4 rings (SSSR count). The average Bonchev–Trinajstić information content (AvgIpc) is 3.18. The normalized spacial score (nSPS) is 21.5. The number of halogens is 1. The molecule has 0 N–H and O–H groups in total. The van der Waals surface area contributed by atoms with Crippen LogP contribution in [0.3, 0.4) is 0 Å². The lowest BCUT2D eigenvalue weighted by atomic mass is 9.92. The van der Waals surface area contributed by atoms with Gasteiger partial charge in [-0.25, -0.2) is 4.39 Å². The zero-order chi connectivity index (χ0) is 17.9. The summed E-state index contributed by atoms with van der Waals surface area (Å²) in [6.45, 7) is 5.08. The van der Waals surface area contributed by atoms with Crippen LogP contribution in [0.15, 0.2) is 12.1 Å². The highest BCUT2D eigenvalue weighted by atomic mass is 19.1. The van der Waals surface area contributed by atoms with Crippen molar-refractivity contribution in [2.45, 2.75) is 45.3 Å². The van der Waals surface area contributed by atoms with E-state index in [1.165, 1.54) is 6.07 Å². The molecular weight excluding hydrogens is 335 g/mol. The number of benzene rings is 1. The van der Waals surface area contributed by atoms with Crippen molar-refractivity contribution in [1.82, 2.24) is 9.80 Å². The molecule has 0 radical (unpaired) electrons. The molecule has 142 valence electrons. The summed E-state index contributed by atoms with van der Waals surface area (Å²) in [7, 11) is 0. The lowest BCUT2D eigenvalue weighted by molar-refractivity contribution is -0.131. The van der Waals surface area contributed by atoms with E-state index in [4.69, 9.17) is 9.47 Å². The van der Waals surface area contributed by atoms with E-state index < -0.39 is 0 Å². The van der Waals surface area contributed by atoms with E-state index in [9.17, 15) is 9.18 Å². The minimum atomic E-state index is -0.237. The first-order chi connectivity index (χ1) is 12.7. The first-order valence-electron chi connectivity index (χ1n) is 9.71. The molecule has 0 aliphatic carbocycles. The summed E-state index contributed by atoms with van der Waals surface area (Å²) < 4.78 is 24.8. The van der Waals surface area contributed by atoms with Gasteiger partial charge in [0.15, 0.2) is 6.79 Å². The zero-order valence-electron chi connectivity index (χ0n) is 15.2. The fraction of sp³-hybridized carbons (Fsp3) is 0.650. The molecule has 0 atom stereocenters. The van der Waals surface area contributed by atoms with Crippen LogP contribution in [0.2, 0.25) is 0 Å². The third-order valence-electron chi connectivity index (χ3n) is 5.77. The Morgan fingerprint density at radius 3 is 2.69 bits per heavy atom. The molecule has 0 aromatic heterocycles. The van der Waals surface area contributed by atoms with Gasteiger partial charge in [-0.3, -0.25) is 9.69 Å². The molecule has 0 unspecified atom stereocenters. The van der Waals surface area contributed by atoms with Crippen LogP contribution < -0.4 is 4.74 Å². The topological polar surface area (TPSA) is 42.0 Å². The Kier molecular flexibility index (Phi) is 5.41. The van der Waals surface area contributed by atoms with E-state index in [1.807, 2.05) is 4.90 Å². The first kappa shape index (κ1) is 17.7. The van der Waals surface area contributed by atoms with Gasteiger partial charge in [-0.2, -0.15) is 0 Å². The summed E-state index contributed by atoms with van der Waals surface area (Å²) in [6, 6.07) is 3.07. The van der Waals surface area contributed by atoms with Gasteiger partial charge in [0.2, 0.25) is 5.91 Å². The number of fused-ring (bicyclic) bond motifs is 1. The maximum atomic E-state index is 13.9. The molecule has 0 bridgehead atoms. The number of nitrogens with zero attached hydrogens (tertiary/aromatic N) is 2. The summed E-state index contributed by atoms with van der Waals surface area (Å²) in [5.41, 5.74) is 1.69. The molecule has 1 amide bonds. The second-order valence-corrected chi connectivity index (χ2v) is 7.68. The first-order valence-corrected chi connectivity index (χ1v) is 9.71. The van der Waals surface area contributed by atoms with E-state index in [-0.39, 0.29) is 12.6 Å². The summed E-state index contributed by atoms with van der Waals surface area (Å²) >= 11 is 0. The Balaban J connectivity index is 1.31. The largest absolute Gasteiger partial charge is 0.467 e. The maximum Gasteiger partial charge on any atom is 0.222 e. The van der Waals surface area contributed by atoms with Gasteiger partial charge in [0.05, 0.1) is 6.61 Å². The third kappa shape index (κ3) is 4.01. The molecule has 1 aromatic rings. The standard InChI is InChI=1S/C20H27FN2O3/c21-18-10-16(20-17(11-18)13-25-14-26-20)12-22-7-3-15(4-8-22)9-19(24)23-5-1-2-6-23/h10-11,15H,1-9,12-14H2. The van der Waals surface area contributed by atoms with Gasteiger partial charge < -0.3 is 14.4 Å². The van der Waals surface area contributed by atoms with Gasteiger partial charge in [0, 0.05) is 37.2 Å². The zero-order valence-corrected chi connectivity index (χ0v) is 15.2. The van der Waals surface area contributed by atoms with Crippen molar-refractivity contribution in [1.29, 1.82) is 0 Å². The Bertz CT molecular complexity index is 653. The number of ether oxygens (including phenoxy) is 2. The second-order valence-electron chi connectivity index (χ2n) is 7.68. The number of hydrogen-bond acceptors (Lipinski definition) is 4. The Morgan fingerprint density at radius 2 is 1.92 bits per heavy atom. The highest BCUT2D eigenvalue weighted by molar-refractivity contribution is 5.76. The third-order valence-corrected chi connectivity index (χ3v) is 5.77. The fourth-order valence-electron chi connectivity index (χ4n) is 4.31. The van der Waals surface area contributed by atoms with Gasteiger partial charge in [-0.1, -0.05) is 0 Å². The molecular formula is C20H27FN2O3. The number of carbonyl (C=O) groups is 1. The molecule has 0 spiro atoms. The molecule has 0 saturated carbocycles. The van der Waals surface area contributed by atoms with E-state index in [0.717, 1.165) is 68.7 Å². The highest BCUT2D eigenvalue weighted by Gasteiger charge is 2.26. The minimum Gasteiger partial charge on any atom is -0.467 e. The van der Waals surface area contributed by atoms with Gasteiger partial charge in [0.25, 0.3) is 0 Å². The predicted molar refractivity (Wildman–Crippen MR) is 95.1 cm³/mol. The van der Waals surface area contributed by atoms with Crippen molar-refractivity contribution in [3.8, 4) is 5.75 Å². The van der Waals surface area contributed by atoms with Crippen LogP contribution in [0.4, 0.5) is 4.39 Å². The van der Waals surface area contributed by atoms with Gasteiger partial charge in [-0.15, -0.1) is 0 Å². The van der Waals surface area contributed by atoms with Crippen molar-refractivity contribution in [2.24, 2.45) is 5.92 Å². The number of amides is 1. The van der Waals surface area contributed by atoms with Gasteiger partial charge in [-0.05, 0) is 56.8 Å². The van der Waals surface area contributed by atoms with E-state index in [0.29, 0.717) is 31.4 Å². The second kappa shape index (κ2) is 7.92. The Morgan fingerprint density at radius 1 is 1.15 bits per heavy atom. The van der Waals surface area contributed by atoms with Crippen LogP contribution in [-0.2, 0) is 22.7 Å². The molecule has 3 aliphatic heterocycles. The Labute approximate surface area is 154 Å². The summed E-state index contributed by atoms with van der Waals surface area (Å²) in [5.74, 6) is 1.35. The monoisotopic (exact) mass is 362 g/mol. The summed E-state index contributed by atoms with van der Waals surface area (Å²) in [6.07, 6.45) is 5.04. The molecule has 2 saturated heterocycles. The van der Waals surface area contributed by atoms with Crippen molar-refractivity contribution >= 4 is 5.91 Å². The lowest BCUT2D eigenvalue weighted by Gasteiger charge is -2.33. The molecule has 2 fully saturated rings. The lowest BCUT2D eigenvalue weighted by Crippen LogP contribution is -2.36. The van der Waals surface area contributed by atoms with Gasteiger partial charge >= 0.3 is 0 Å². The van der Waals surface area contributed by atoms with Crippen LogP contribution in [0, 0.1) is 11.7 Å². The molecule has 6 heteroatoms. The summed E-state index contributed by atoms with van der Waals surface area (Å²) in [4.78, 5) is 16.7. The van der Waals surface area contributed by atoms with Gasteiger partial charge in [0.1, 0.15) is 11.6 Å². The van der Waals surface area contributed by atoms with Crippen LogP contribution in [0.1, 0.15) is 43.2 Å². The van der Waals surface area contributed by atoms with E-state index >= 15 is 0 Å². The fourth-order valence-corrected chi connectivity index (χ4v) is 4.31. The maximum absolute atomic E-state index is 13.9. The quantitative estimate of drug-likeness (QED) is 0.826. The number of rotatable bonds is 4. The smallest absolute Gasteiger partial charge is 0.222 e.